The largest absolute Gasteiger partial charge is 0.494 e. The SMILES string of the molecule is CCOc1ccc(S(=O)(=O)NNc2nc(Cl)nc3c2ncn3C2CCCC2)cc1. The number of benzene rings is 1. The van der Waals surface area contributed by atoms with Crippen molar-refractivity contribution in [1.82, 2.24) is 24.4 Å². The van der Waals surface area contributed by atoms with Gasteiger partial charge in [-0.25, -0.2) is 13.4 Å². The molecule has 1 aromatic carbocycles. The highest BCUT2D eigenvalue weighted by Gasteiger charge is 2.22. The molecule has 4 rings (SSSR count). The topological polar surface area (TPSA) is 111 Å². The van der Waals surface area contributed by atoms with Crippen molar-refractivity contribution in [3.8, 4) is 5.75 Å². The van der Waals surface area contributed by atoms with Crippen LogP contribution in [0.5, 0.6) is 5.75 Å². The number of hydrogen-bond donors (Lipinski definition) is 2. The highest BCUT2D eigenvalue weighted by atomic mass is 35.5. The van der Waals surface area contributed by atoms with E-state index in [-0.39, 0.29) is 16.0 Å². The van der Waals surface area contributed by atoms with Crippen LogP contribution in [-0.2, 0) is 10.0 Å². The highest BCUT2D eigenvalue weighted by Crippen LogP contribution is 2.32. The third-order valence-corrected chi connectivity index (χ3v) is 6.29. The number of fused-ring (bicyclic) bond motifs is 1. The van der Waals surface area contributed by atoms with Crippen molar-refractivity contribution in [2.45, 2.75) is 43.5 Å². The first-order valence-corrected chi connectivity index (χ1v) is 11.2. The molecule has 1 aliphatic carbocycles. The van der Waals surface area contributed by atoms with E-state index in [4.69, 9.17) is 16.3 Å². The molecule has 0 bridgehead atoms. The molecule has 11 heteroatoms. The Bertz CT molecular complexity index is 1110. The number of hydrogen-bond acceptors (Lipinski definition) is 7. The van der Waals surface area contributed by atoms with E-state index in [1.54, 1.807) is 18.5 Å². The molecular formula is C18H21ClN6O3S. The average molecular weight is 437 g/mol. The lowest BCUT2D eigenvalue weighted by molar-refractivity contribution is 0.340. The molecule has 1 aliphatic rings. The molecule has 1 saturated carbocycles. The summed E-state index contributed by atoms with van der Waals surface area (Å²) in [7, 11) is -3.84. The van der Waals surface area contributed by atoms with Crippen molar-refractivity contribution in [3.63, 3.8) is 0 Å². The summed E-state index contributed by atoms with van der Waals surface area (Å²) in [6.45, 7) is 2.36. The van der Waals surface area contributed by atoms with Crippen LogP contribution in [0.15, 0.2) is 35.5 Å². The van der Waals surface area contributed by atoms with Crippen LogP contribution in [-0.4, -0.2) is 34.5 Å². The first kappa shape index (κ1) is 19.9. The van der Waals surface area contributed by atoms with Gasteiger partial charge in [0.1, 0.15) is 5.75 Å². The van der Waals surface area contributed by atoms with E-state index >= 15 is 0 Å². The van der Waals surface area contributed by atoms with E-state index in [1.165, 1.54) is 12.1 Å². The van der Waals surface area contributed by atoms with Gasteiger partial charge >= 0.3 is 0 Å². The molecule has 0 saturated heterocycles. The lowest BCUT2D eigenvalue weighted by Crippen LogP contribution is -2.30. The summed E-state index contributed by atoms with van der Waals surface area (Å²) >= 11 is 6.08. The maximum Gasteiger partial charge on any atom is 0.257 e. The summed E-state index contributed by atoms with van der Waals surface area (Å²) < 4.78 is 32.5. The second-order valence-electron chi connectivity index (χ2n) is 6.74. The van der Waals surface area contributed by atoms with Gasteiger partial charge in [0.05, 0.1) is 17.8 Å². The molecule has 0 aliphatic heterocycles. The Balaban J connectivity index is 1.57. The van der Waals surface area contributed by atoms with Gasteiger partial charge in [0.2, 0.25) is 5.28 Å². The predicted molar refractivity (Wildman–Crippen MR) is 109 cm³/mol. The first-order valence-electron chi connectivity index (χ1n) is 9.38. The van der Waals surface area contributed by atoms with Gasteiger partial charge in [0, 0.05) is 6.04 Å². The molecule has 154 valence electrons. The number of imidazole rings is 1. The Morgan fingerprint density at radius 3 is 2.62 bits per heavy atom. The van der Waals surface area contributed by atoms with Gasteiger partial charge in [-0.1, -0.05) is 12.8 Å². The van der Waals surface area contributed by atoms with Crippen LogP contribution < -0.4 is 15.0 Å². The number of halogens is 1. The van der Waals surface area contributed by atoms with Gasteiger partial charge in [-0.2, -0.15) is 9.97 Å². The van der Waals surface area contributed by atoms with E-state index in [9.17, 15) is 8.42 Å². The summed E-state index contributed by atoms with van der Waals surface area (Å²) in [6.07, 6.45) is 6.14. The van der Waals surface area contributed by atoms with Gasteiger partial charge in [-0.3, -0.25) is 5.43 Å². The lowest BCUT2D eigenvalue weighted by Gasteiger charge is -2.13. The van der Waals surface area contributed by atoms with Crippen molar-refractivity contribution < 1.29 is 13.2 Å². The quantitative estimate of drug-likeness (QED) is 0.431. The smallest absolute Gasteiger partial charge is 0.257 e. The van der Waals surface area contributed by atoms with Gasteiger partial charge in [0.25, 0.3) is 10.0 Å². The minimum absolute atomic E-state index is 0.0139. The van der Waals surface area contributed by atoms with Crippen molar-refractivity contribution in [2.24, 2.45) is 0 Å². The Labute approximate surface area is 173 Å². The number of hydrazine groups is 1. The molecule has 3 aromatic rings. The van der Waals surface area contributed by atoms with Crippen LogP contribution in [0.4, 0.5) is 5.82 Å². The standard InChI is InChI=1S/C18H21ClN6O3S/c1-2-28-13-7-9-14(10-8-13)29(26,27)24-23-16-15-17(22-18(19)21-16)25(11-20-15)12-5-3-4-6-12/h7-12,24H,2-6H2,1H3,(H,21,22,23). The van der Waals surface area contributed by atoms with Gasteiger partial charge in [-0.15, -0.1) is 4.83 Å². The molecule has 0 radical (unpaired) electrons. The average Bonchev–Trinajstić information content (AvgIpc) is 3.36. The van der Waals surface area contributed by atoms with Gasteiger partial charge < -0.3 is 9.30 Å². The monoisotopic (exact) mass is 436 g/mol. The Kier molecular flexibility index (Phi) is 5.57. The van der Waals surface area contributed by atoms with Gasteiger partial charge in [-0.05, 0) is 55.6 Å². The molecule has 0 amide bonds. The normalized spacial score (nSPS) is 15.1. The maximum absolute atomic E-state index is 12.6. The molecule has 29 heavy (non-hydrogen) atoms. The number of rotatable bonds is 7. The fraction of sp³-hybridized carbons (Fsp3) is 0.389. The number of sulfonamides is 1. The van der Waals surface area contributed by atoms with Gasteiger partial charge in [0.15, 0.2) is 17.0 Å². The zero-order valence-corrected chi connectivity index (χ0v) is 17.4. The zero-order chi connectivity index (χ0) is 20.4. The number of ether oxygens (including phenoxy) is 1. The lowest BCUT2D eigenvalue weighted by atomic mass is 10.2. The maximum atomic E-state index is 12.6. The number of aromatic nitrogens is 4. The Hall–Kier alpha value is -2.43. The molecular weight excluding hydrogens is 416 g/mol. The van der Waals surface area contributed by atoms with Crippen molar-refractivity contribution >= 4 is 38.6 Å². The Morgan fingerprint density at radius 2 is 1.93 bits per heavy atom. The summed E-state index contributed by atoms with van der Waals surface area (Å²) in [4.78, 5) is 15.2. The highest BCUT2D eigenvalue weighted by molar-refractivity contribution is 7.89. The van der Waals surface area contributed by atoms with E-state index in [0.29, 0.717) is 29.6 Å². The molecule has 0 atom stereocenters. The summed E-state index contributed by atoms with van der Waals surface area (Å²) in [5.74, 6) is 0.799. The second-order valence-corrected chi connectivity index (χ2v) is 8.76. The van der Waals surface area contributed by atoms with Crippen LogP contribution in [0, 0.1) is 0 Å². The van der Waals surface area contributed by atoms with Crippen molar-refractivity contribution in [3.05, 3.63) is 35.9 Å². The first-order chi connectivity index (χ1) is 14.0. The molecule has 0 unspecified atom stereocenters. The molecule has 9 nitrogen and oxygen atoms in total. The number of nitrogens with one attached hydrogen (secondary N) is 2. The van der Waals surface area contributed by atoms with E-state index in [0.717, 1.165) is 25.7 Å². The minimum atomic E-state index is -3.84. The fourth-order valence-electron chi connectivity index (χ4n) is 3.48. The summed E-state index contributed by atoms with van der Waals surface area (Å²) in [6, 6.07) is 6.44. The minimum Gasteiger partial charge on any atom is -0.494 e. The van der Waals surface area contributed by atoms with Crippen LogP contribution in [0.25, 0.3) is 11.2 Å². The number of nitrogens with zero attached hydrogens (tertiary/aromatic N) is 4. The third kappa shape index (κ3) is 4.14. The van der Waals surface area contributed by atoms with Crippen LogP contribution in [0.3, 0.4) is 0 Å². The fourth-order valence-corrected chi connectivity index (χ4v) is 4.49. The zero-order valence-electron chi connectivity index (χ0n) is 15.8. The molecule has 2 heterocycles. The molecule has 2 N–H and O–H groups in total. The molecule has 1 fully saturated rings. The molecule has 2 aromatic heterocycles. The van der Waals surface area contributed by atoms with Crippen LogP contribution >= 0.6 is 11.6 Å². The predicted octanol–water partition coefficient (Wildman–Crippen LogP) is 3.30. The van der Waals surface area contributed by atoms with E-state index < -0.39 is 10.0 Å². The van der Waals surface area contributed by atoms with Crippen LogP contribution in [0.1, 0.15) is 38.6 Å². The molecule has 0 spiro atoms. The Morgan fingerprint density at radius 1 is 1.21 bits per heavy atom. The van der Waals surface area contributed by atoms with E-state index in [1.807, 2.05) is 11.5 Å². The number of anilines is 1. The third-order valence-electron chi connectivity index (χ3n) is 4.86. The van der Waals surface area contributed by atoms with Crippen molar-refractivity contribution in [1.29, 1.82) is 0 Å². The van der Waals surface area contributed by atoms with E-state index in [2.05, 4.69) is 25.2 Å². The summed E-state index contributed by atoms with van der Waals surface area (Å²) in [5, 5.41) is 0.0139. The summed E-state index contributed by atoms with van der Waals surface area (Å²) in [5.41, 5.74) is 3.67. The van der Waals surface area contributed by atoms with Crippen LogP contribution in [0.2, 0.25) is 5.28 Å². The van der Waals surface area contributed by atoms with Crippen molar-refractivity contribution in [2.75, 3.05) is 12.0 Å². The second kappa shape index (κ2) is 8.13.